The Bertz CT molecular complexity index is 504. The van der Waals surface area contributed by atoms with E-state index in [1.54, 1.807) is 0 Å². The molecule has 0 radical (unpaired) electrons. The average molecular weight is 316 g/mol. The second kappa shape index (κ2) is 8.49. The van der Waals surface area contributed by atoms with Crippen LogP contribution in [0.4, 0.5) is 5.69 Å². The third-order valence-electron chi connectivity index (χ3n) is 4.88. The summed E-state index contributed by atoms with van der Waals surface area (Å²) in [6.45, 7) is 8.75. The predicted octanol–water partition coefficient (Wildman–Crippen LogP) is 4.70. The van der Waals surface area contributed by atoms with Crippen molar-refractivity contribution in [3.05, 3.63) is 29.8 Å². The molecule has 0 bridgehead atoms. The lowest BCUT2D eigenvalue weighted by atomic mass is 9.87. The van der Waals surface area contributed by atoms with Crippen LogP contribution in [0.15, 0.2) is 24.3 Å². The summed E-state index contributed by atoms with van der Waals surface area (Å²) in [5.74, 6) is 1.37. The van der Waals surface area contributed by atoms with E-state index in [1.165, 1.54) is 31.2 Å². The molecule has 1 aliphatic carbocycles. The zero-order valence-electron chi connectivity index (χ0n) is 15.1. The number of amides is 1. The molecule has 1 amide bonds. The van der Waals surface area contributed by atoms with Crippen LogP contribution in [-0.2, 0) is 4.79 Å². The molecular formula is C20H32N2O. The number of rotatable bonds is 6. The molecule has 3 heteroatoms. The second-order valence-corrected chi connectivity index (χ2v) is 7.52. The van der Waals surface area contributed by atoms with Gasteiger partial charge in [-0.2, -0.15) is 0 Å². The molecule has 2 N–H and O–H groups in total. The van der Waals surface area contributed by atoms with Crippen molar-refractivity contribution in [2.45, 2.75) is 77.8 Å². The summed E-state index contributed by atoms with van der Waals surface area (Å²) >= 11 is 0. The first kappa shape index (κ1) is 18.0. The largest absolute Gasteiger partial charge is 0.326 e. The minimum absolute atomic E-state index is 0.0993. The maximum absolute atomic E-state index is 12.3. The Labute approximate surface area is 141 Å². The lowest BCUT2D eigenvalue weighted by molar-refractivity contribution is -0.116. The first-order chi connectivity index (χ1) is 11.0. The van der Waals surface area contributed by atoms with E-state index in [0.717, 1.165) is 11.6 Å². The Hall–Kier alpha value is -1.35. The Morgan fingerprint density at radius 2 is 1.78 bits per heavy atom. The molecule has 1 aromatic carbocycles. The SMILES string of the molecule is CC1CCC(N[C@@H](C)CC(=O)Nc2ccccc2C(C)C)CC1. The number of nitrogens with one attached hydrogen (secondary N) is 2. The molecule has 0 heterocycles. The normalized spacial score (nSPS) is 22.8. The van der Waals surface area contributed by atoms with Gasteiger partial charge in [-0.3, -0.25) is 4.79 Å². The molecule has 0 aromatic heterocycles. The number of benzene rings is 1. The van der Waals surface area contributed by atoms with E-state index < -0.39 is 0 Å². The number of anilines is 1. The van der Waals surface area contributed by atoms with Gasteiger partial charge >= 0.3 is 0 Å². The number of carbonyl (C=O) groups is 1. The quantitative estimate of drug-likeness (QED) is 0.799. The Morgan fingerprint density at radius 3 is 2.43 bits per heavy atom. The third-order valence-corrected chi connectivity index (χ3v) is 4.88. The Kier molecular flexibility index (Phi) is 6.64. The van der Waals surface area contributed by atoms with Gasteiger partial charge in [-0.25, -0.2) is 0 Å². The van der Waals surface area contributed by atoms with Gasteiger partial charge in [-0.15, -0.1) is 0 Å². The van der Waals surface area contributed by atoms with Crippen LogP contribution in [0.5, 0.6) is 0 Å². The number of hydrogen-bond acceptors (Lipinski definition) is 2. The summed E-state index contributed by atoms with van der Waals surface area (Å²) in [7, 11) is 0. The highest BCUT2D eigenvalue weighted by atomic mass is 16.1. The van der Waals surface area contributed by atoms with E-state index >= 15 is 0 Å². The summed E-state index contributed by atoms with van der Waals surface area (Å²) in [6, 6.07) is 8.89. The minimum Gasteiger partial charge on any atom is -0.326 e. The van der Waals surface area contributed by atoms with E-state index in [9.17, 15) is 4.79 Å². The Morgan fingerprint density at radius 1 is 1.13 bits per heavy atom. The van der Waals surface area contributed by atoms with Gasteiger partial charge in [0.05, 0.1) is 0 Å². The molecule has 1 atom stereocenters. The highest BCUT2D eigenvalue weighted by Crippen LogP contribution is 2.25. The molecule has 0 saturated heterocycles. The summed E-state index contributed by atoms with van der Waals surface area (Å²) in [5, 5.41) is 6.72. The molecule has 3 nitrogen and oxygen atoms in total. The summed E-state index contributed by atoms with van der Waals surface area (Å²) in [6.07, 6.45) is 5.61. The van der Waals surface area contributed by atoms with Gasteiger partial charge in [-0.1, -0.05) is 39.0 Å². The van der Waals surface area contributed by atoms with E-state index in [-0.39, 0.29) is 11.9 Å². The van der Waals surface area contributed by atoms with Crippen LogP contribution in [0.1, 0.15) is 71.3 Å². The maximum Gasteiger partial charge on any atom is 0.225 e. The van der Waals surface area contributed by atoms with Crippen LogP contribution in [0.3, 0.4) is 0 Å². The van der Waals surface area contributed by atoms with Crippen molar-refractivity contribution in [2.75, 3.05) is 5.32 Å². The zero-order valence-corrected chi connectivity index (χ0v) is 15.1. The highest BCUT2D eigenvalue weighted by molar-refractivity contribution is 5.91. The monoisotopic (exact) mass is 316 g/mol. The van der Waals surface area contributed by atoms with E-state index in [2.05, 4.69) is 44.4 Å². The van der Waals surface area contributed by atoms with Crippen molar-refractivity contribution in [2.24, 2.45) is 5.92 Å². The first-order valence-corrected chi connectivity index (χ1v) is 9.10. The molecule has 0 unspecified atom stereocenters. The van der Waals surface area contributed by atoms with Crippen LogP contribution < -0.4 is 10.6 Å². The van der Waals surface area contributed by atoms with Crippen molar-refractivity contribution in [1.82, 2.24) is 5.32 Å². The van der Waals surface area contributed by atoms with Gasteiger partial charge in [0.1, 0.15) is 0 Å². The van der Waals surface area contributed by atoms with E-state index in [1.807, 2.05) is 18.2 Å². The van der Waals surface area contributed by atoms with Gasteiger partial charge in [0.15, 0.2) is 0 Å². The highest BCUT2D eigenvalue weighted by Gasteiger charge is 2.20. The van der Waals surface area contributed by atoms with Crippen molar-refractivity contribution in [1.29, 1.82) is 0 Å². The molecule has 1 aromatic rings. The summed E-state index contributed by atoms with van der Waals surface area (Å²) in [4.78, 5) is 12.3. The fourth-order valence-corrected chi connectivity index (χ4v) is 3.48. The fourth-order valence-electron chi connectivity index (χ4n) is 3.48. The minimum atomic E-state index is 0.0993. The maximum atomic E-state index is 12.3. The Balaban J connectivity index is 1.82. The van der Waals surface area contributed by atoms with Gasteiger partial charge in [0.2, 0.25) is 5.91 Å². The molecule has 1 saturated carbocycles. The van der Waals surface area contributed by atoms with Crippen LogP contribution in [0, 0.1) is 5.92 Å². The number of carbonyl (C=O) groups excluding carboxylic acids is 1. The van der Waals surface area contributed by atoms with Crippen LogP contribution >= 0.6 is 0 Å². The fraction of sp³-hybridized carbons (Fsp3) is 0.650. The lowest BCUT2D eigenvalue weighted by Gasteiger charge is -2.29. The standard InChI is InChI=1S/C20H32N2O/c1-14(2)18-7-5-6-8-19(18)22-20(23)13-16(4)21-17-11-9-15(3)10-12-17/h5-8,14-17,21H,9-13H2,1-4H3,(H,22,23)/t15?,16-,17?/m0/s1. The molecule has 23 heavy (non-hydrogen) atoms. The molecule has 2 rings (SSSR count). The number of para-hydroxylation sites is 1. The third kappa shape index (κ3) is 5.65. The van der Waals surface area contributed by atoms with Crippen molar-refractivity contribution >= 4 is 11.6 Å². The van der Waals surface area contributed by atoms with E-state index in [4.69, 9.17) is 0 Å². The van der Waals surface area contributed by atoms with Gasteiger partial charge < -0.3 is 10.6 Å². The lowest BCUT2D eigenvalue weighted by Crippen LogP contribution is -2.40. The molecule has 1 fully saturated rings. The van der Waals surface area contributed by atoms with Gasteiger partial charge in [0, 0.05) is 24.2 Å². The zero-order chi connectivity index (χ0) is 16.8. The average Bonchev–Trinajstić information content (AvgIpc) is 2.49. The summed E-state index contributed by atoms with van der Waals surface area (Å²) in [5.41, 5.74) is 2.15. The van der Waals surface area contributed by atoms with Crippen LogP contribution in [-0.4, -0.2) is 18.0 Å². The van der Waals surface area contributed by atoms with Gasteiger partial charge in [-0.05, 0) is 56.1 Å². The number of hydrogen-bond donors (Lipinski definition) is 2. The van der Waals surface area contributed by atoms with Gasteiger partial charge in [0.25, 0.3) is 0 Å². The van der Waals surface area contributed by atoms with Crippen LogP contribution in [0.2, 0.25) is 0 Å². The smallest absolute Gasteiger partial charge is 0.225 e. The van der Waals surface area contributed by atoms with Crippen molar-refractivity contribution in [3.63, 3.8) is 0 Å². The van der Waals surface area contributed by atoms with Crippen molar-refractivity contribution in [3.8, 4) is 0 Å². The summed E-state index contributed by atoms with van der Waals surface area (Å²) < 4.78 is 0. The molecular weight excluding hydrogens is 284 g/mol. The first-order valence-electron chi connectivity index (χ1n) is 9.10. The molecule has 0 aliphatic heterocycles. The van der Waals surface area contributed by atoms with Crippen LogP contribution in [0.25, 0.3) is 0 Å². The van der Waals surface area contributed by atoms with E-state index in [0.29, 0.717) is 18.4 Å². The molecule has 1 aliphatic rings. The molecule has 0 spiro atoms. The second-order valence-electron chi connectivity index (χ2n) is 7.52. The topological polar surface area (TPSA) is 41.1 Å². The molecule has 128 valence electrons. The predicted molar refractivity (Wildman–Crippen MR) is 97.8 cm³/mol. The van der Waals surface area contributed by atoms with Crippen molar-refractivity contribution < 1.29 is 4.79 Å².